The van der Waals surface area contributed by atoms with E-state index in [1.54, 1.807) is 30.3 Å². The Hall–Kier alpha value is -2.71. The second-order valence-corrected chi connectivity index (χ2v) is 7.97. The summed E-state index contributed by atoms with van der Waals surface area (Å²) >= 11 is 0. The lowest BCUT2D eigenvalue weighted by molar-refractivity contribution is -0.124. The summed E-state index contributed by atoms with van der Waals surface area (Å²) in [4.78, 5) is 24.8. The lowest BCUT2D eigenvalue weighted by Gasteiger charge is -2.32. The van der Waals surface area contributed by atoms with Crippen molar-refractivity contribution in [2.45, 2.75) is 17.4 Å². The van der Waals surface area contributed by atoms with E-state index >= 15 is 0 Å². The molecule has 1 amide bonds. The number of carbonyl (C=O) groups is 2. The SMILES string of the molecule is CN1C(C(=O)NCC(=O)c2ccccc2O)Cc2ccccc2S1(=O)=O. The first-order valence-electron chi connectivity index (χ1n) is 7.97. The maximum Gasteiger partial charge on any atom is 0.243 e. The highest BCUT2D eigenvalue weighted by Gasteiger charge is 2.39. The van der Waals surface area contributed by atoms with Crippen molar-refractivity contribution < 1.29 is 23.1 Å². The van der Waals surface area contributed by atoms with E-state index in [2.05, 4.69) is 5.32 Å². The first-order chi connectivity index (χ1) is 12.3. The van der Waals surface area contributed by atoms with Crippen molar-refractivity contribution in [1.82, 2.24) is 9.62 Å². The van der Waals surface area contributed by atoms with Gasteiger partial charge in [0, 0.05) is 7.05 Å². The number of Topliss-reactive ketones (excluding diaryl/α,β-unsaturated/α-hetero) is 1. The number of hydrogen-bond donors (Lipinski definition) is 2. The van der Waals surface area contributed by atoms with Gasteiger partial charge < -0.3 is 10.4 Å². The van der Waals surface area contributed by atoms with E-state index in [-0.39, 0.29) is 29.2 Å². The molecule has 8 heteroatoms. The van der Waals surface area contributed by atoms with E-state index in [0.717, 1.165) is 4.31 Å². The molecule has 0 saturated carbocycles. The minimum absolute atomic E-state index is 0.0998. The molecular weight excluding hydrogens is 356 g/mol. The Morgan fingerprint density at radius 2 is 1.81 bits per heavy atom. The first-order valence-corrected chi connectivity index (χ1v) is 9.41. The molecule has 0 aliphatic carbocycles. The van der Waals surface area contributed by atoms with E-state index in [4.69, 9.17) is 0 Å². The summed E-state index contributed by atoms with van der Waals surface area (Å²) in [5.74, 6) is -1.19. The third-order valence-electron chi connectivity index (χ3n) is 4.41. The number of fused-ring (bicyclic) bond motifs is 1. The zero-order valence-corrected chi connectivity index (χ0v) is 14.9. The predicted molar refractivity (Wildman–Crippen MR) is 94.3 cm³/mol. The number of amides is 1. The van der Waals surface area contributed by atoms with Gasteiger partial charge in [-0.3, -0.25) is 9.59 Å². The van der Waals surface area contributed by atoms with Crippen molar-refractivity contribution in [2.24, 2.45) is 0 Å². The lowest BCUT2D eigenvalue weighted by atomic mass is 10.0. The number of phenolic OH excluding ortho intramolecular Hbond substituents is 1. The summed E-state index contributed by atoms with van der Waals surface area (Å²) < 4.78 is 26.2. The van der Waals surface area contributed by atoms with Crippen LogP contribution in [0.4, 0.5) is 0 Å². The number of phenols is 1. The van der Waals surface area contributed by atoms with Crippen LogP contribution >= 0.6 is 0 Å². The van der Waals surface area contributed by atoms with E-state index in [1.165, 1.54) is 25.2 Å². The zero-order valence-electron chi connectivity index (χ0n) is 14.0. The number of carbonyl (C=O) groups excluding carboxylic acids is 2. The molecule has 0 spiro atoms. The van der Waals surface area contributed by atoms with Crippen LogP contribution in [-0.2, 0) is 21.2 Å². The van der Waals surface area contributed by atoms with E-state index in [0.29, 0.717) is 5.56 Å². The molecule has 1 aliphatic heterocycles. The normalized spacial score (nSPS) is 18.7. The predicted octanol–water partition coefficient (Wildman–Crippen LogP) is 0.936. The van der Waals surface area contributed by atoms with Crippen molar-refractivity contribution >= 4 is 21.7 Å². The highest BCUT2D eigenvalue weighted by Crippen LogP contribution is 2.28. The molecule has 1 unspecified atom stereocenters. The summed E-state index contributed by atoms with van der Waals surface area (Å²) in [6.45, 7) is -0.331. The molecule has 3 rings (SSSR count). The number of nitrogens with zero attached hydrogens (tertiary/aromatic N) is 1. The largest absolute Gasteiger partial charge is 0.507 e. The van der Waals surface area contributed by atoms with Crippen LogP contribution < -0.4 is 5.32 Å². The van der Waals surface area contributed by atoms with Crippen molar-refractivity contribution in [3.8, 4) is 5.75 Å². The van der Waals surface area contributed by atoms with E-state index in [9.17, 15) is 23.1 Å². The zero-order chi connectivity index (χ0) is 18.9. The summed E-state index contributed by atoms with van der Waals surface area (Å²) in [6, 6.07) is 11.6. The van der Waals surface area contributed by atoms with Gasteiger partial charge in [-0.2, -0.15) is 4.31 Å². The maximum absolute atomic E-state index is 12.6. The number of para-hydroxylation sites is 1. The van der Waals surface area contributed by atoms with Crippen molar-refractivity contribution in [3.63, 3.8) is 0 Å². The van der Waals surface area contributed by atoms with Gasteiger partial charge >= 0.3 is 0 Å². The van der Waals surface area contributed by atoms with Crippen molar-refractivity contribution in [2.75, 3.05) is 13.6 Å². The fourth-order valence-corrected chi connectivity index (χ4v) is 4.48. The van der Waals surface area contributed by atoms with Crippen molar-refractivity contribution in [1.29, 1.82) is 0 Å². The molecule has 0 radical (unpaired) electrons. The molecule has 26 heavy (non-hydrogen) atoms. The summed E-state index contributed by atoms with van der Waals surface area (Å²) in [6.07, 6.45) is 0.225. The molecule has 1 aliphatic rings. The summed E-state index contributed by atoms with van der Waals surface area (Å²) in [5, 5.41) is 12.2. The average Bonchev–Trinajstić information content (AvgIpc) is 2.63. The molecular formula is C18H18N2O5S. The van der Waals surface area contributed by atoms with Gasteiger partial charge in [-0.1, -0.05) is 30.3 Å². The summed E-state index contributed by atoms with van der Waals surface area (Å²) in [7, 11) is -2.42. The van der Waals surface area contributed by atoms with Crippen LogP contribution in [0.2, 0.25) is 0 Å². The van der Waals surface area contributed by atoms with Gasteiger partial charge in [0.05, 0.1) is 17.0 Å². The van der Waals surface area contributed by atoms with Crippen LogP contribution in [-0.4, -0.2) is 49.2 Å². The topological polar surface area (TPSA) is 104 Å². The molecule has 2 aromatic carbocycles. The molecule has 2 aromatic rings. The average molecular weight is 374 g/mol. The Morgan fingerprint density at radius 3 is 2.54 bits per heavy atom. The Bertz CT molecular complexity index is 971. The van der Waals surface area contributed by atoms with E-state index in [1.807, 2.05) is 0 Å². The molecule has 7 nitrogen and oxygen atoms in total. The third kappa shape index (κ3) is 3.21. The van der Waals surface area contributed by atoms with Gasteiger partial charge in [-0.05, 0) is 30.2 Å². The standard InChI is InChI=1S/C18H18N2O5S/c1-20-14(10-12-6-2-5-9-17(12)26(20,24)25)18(23)19-11-16(22)13-7-3-4-8-15(13)21/h2-9,14,21H,10-11H2,1H3,(H,19,23). The number of benzene rings is 2. The Morgan fingerprint density at radius 1 is 1.15 bits per heavy atom. The van der Waals surface area contributed by atoms with E-state index < -0.39 is 27.8 Å². The van der Waals surface area contributed by atoms with Crippen LogP contribution in [0.25, 0.3) is 0 Å². The fourth-order valence-electron chi connectivity index (χ4n) is 2.93. The van der Waals surface area contributed by atoms with Gasteiger partial charge in [-0.25, -0.2) is 8.42 Å². The van der Waals surface area contributed by atoms with Crippen molar-refractivity contribution in [3.05, 3.63) is 59.7 Å². The molecule has 1 heterocycles. The number of ketones is 1. The monoisotopic (exact) mass is 374 g/mol. The molecule has 1 atom stereocenters. The van der Waals surface area contributed by atoms with Gasteiger partial charge in [0.25, 0.3) is 0 Å². The Kier molecular flexibility index (Phi) is 4.80. The minimum atomic E-state index is -3.76. The second-order valence-electron chi connectivity index (χ2n) is 6.01. The van der Waals surface area contributed by atoms with Crippen LogP contribution in [0, 0.1) is 0 Å². The number of aromatic hydroxyl groups is 1. The van der Waals surface area contributed by atoms with Gasteiger partial charge in [0.2, 0.25) is 15.9 Å². The highest BCUT2D eigenvalue weighted by atomic mass is 32.2. The molecule has 2 N–H and O–H groups in total. The third-order valence-corrected chi connectivity index (χ3v) is 6.38. The van der Waals surface area contributed by atoms with Gasteiger partial charge in [0.1, 0.15) is 11.8 Å². The first kappa shape index (κ1) is 18.1. The minimum Gasteiger partial charge on any atom is -0.507 e. The highest BCUT2D eigenvalue weighted by molar-refractivity contribution is 7.89. The van der Waals surface area contributed by atoms with Crippen LogP contribution in [0.1, 0.15) is 15.9 Å². The molecule has 0 fully saturated rings. The molecule has 0 saturated heterocycles. The fraction of sp³-hybridized carbons (Fsp3) is 0.222. The van der Waals surface area contributed by atoms with Crippen LogP contribution in [0.15, 0.2) is 53.4 Å². The number of likely N-dealkylation sites (N-methyl/N-ethyl adjacent to an activating group) is 1. The Labute approximate surface area is 151 Å². The van der Waals surface area contributed by atoms with Crippen LogP contribution in [0.5, 0.6) is 5.75 Å². The summed E-state index contributed by atoms with van der Waals surface area (Å²) in [5.41, 5.74) is 0.667. The second kappa shape index (κ2) is 6.89. The van der Waals surface area contributed by atoms with Gasteiger partial charge in [0.15, 0.2) is 5.78 Å². The quantitative estimate of drug-likeness (QED) is 0.775. The number of rotatable bonds is 4. The molecule has 0 aromatic heterocycles. The Balaban J connectivity index is 1.75. The number of hydrogen-bond acceptors (Lipinski definition) is 5. The molecule has 0 bridgehead atoms. The molecule has 136 valence electrons. The number of sulfonamides is 1. The van der Waals surface area contributed by atoms with Crippen LogP contribution in [0.3, 0.4) is 0 Å². The smallest absolute Gasteiger partial charge is 0.243 e. The maximum atomic E-state index is 12.6. The lowest BCUT2D eigenvalue weighted by Crippen LogP contribution is -2.52. The van der Waals surface area contributed by atoms with Gasteiger partial charge in [-0.15, -0.1) is 0 Å². The number of nitrogens with one attached hydrogen (secondary N) is 1.